The quantitative estimate of drug-likeness (QED) is 0.637. The second kappa shape index (κ2) is 3.11. The second-order valence-electron chi connectivity index (χ2n) is 2.87. The maximum absolute atomic E-state index is 11.0. The Kier molecular flexibility index (Phi) is 1.96. The molecule has 1 aromatic heterocycles. The molecule has 1 aromatic rings. The van der Waals surface area contributed by atoms with Crippen LogP contribution in [0.5, 0.6) is 0 Å². The topological polar surface area (TPSA) is 39.4 Å². The average Bonchev–Trinajstić information content (AvgIpc) is 2.56. The van der Waals surface area contributed by atoms with Crippen molar-refractivity contribution in [2.45, 2.75) is 18.9 Å². The third kappa shape index (κ3) is 1.41. The highest BCUT2D eigenvalue weighted by atomic mass is 16.5. The van der Waals surface area contributed by atoms with E-state index in [0.717, 1.165) is 5.76 Å². The second-order valence-corrected chi connectivity index (χ2v) is 2.87. The van der Waals surface area contributed by atoms with E-state index in [2.05, 4.69) is 0 Å². The van der Waals surface area contributed by atoms with Crippen molar-refractivity contribution >= 4 is 5.78 Å². The molecule has 3 heteroatoms. The molecular weight excluding hydrogens is 156 g/mol. The van der Waals surface area contributed by atoms with Gasteiger partial charge >= 0.3 is 0 Å². The van der Waals surface area contributed by atoms with Crippen molar-refractivity contribution in [1.82, 2.24) is 0 Å². The Labute approximate surface area is 70.3 Å². The largest absolute Gasteiger partial charge is 0.467 e. The lowest BCUT2D eigenvalue weighted by Gasteiger charge is -2.19. The van der Waals surface area contributed by atoms with Crippen LogP contribution in [0.25, 0.3) is 0 Å². The fourth-order valence-electron chi connectivity index (χ4n) is 1.34. The van der Waals surface area contributed by atoms with Crippen molar-refractivity contribution in [3.8, 4) is 0 Å². The van der Waals surface area contributed by atoms with Gasteiger partial charge in [0.05, 0.1) is 12.9 Å². The molecule has 0 saturated carbocycles. The lowest BCUT2D eigenvalue weighted by Crippen LogP contribution is -2.18. The summed E-state index contributed by atoms with van der Waals surface area (Å²) in [4.78, 5) is 11.0. The first-order chi connectivity index (χ1) is 5.86. The fraction of sp³-hybridized carbons (Fsp3) is 0.444. The third-order valence-electron chi connectivity index (χ3n) is 1.97. The van der Waals surface area contributed by atoms with Crippen LogP contribution in [0.4, 0.5) is 0 Å². The maximum Gasteiger partial charge on any atom is 0.138 e. The van der Waals surface area contributed by atoms with Crippen LogP contribution in [0.15, 0.2) is 22.8 Å². The van der Waals surface area contributed by atoms with Crippen molar-refractivity contribution < 1.29 is 13.9 Å². The van der Waals surface area contributed by atoms with E-state index in [1.54, 1.807) is 12.3 Å². The monoisotopic (exact) mass is 166 g/mol. The van der Waals surface area contributed by atoms with Gasteiger partial charge in [-0.2, -0.15) is 0 Å². The number of hydrogen-bond acceptors (Lipinski definition) is 3. The van der Waals surface area contributed by atoms with Crippen LogP contribution in [-0.2, 0) is 9.53 Å². The summed E-state index contributed by atoms with van der Waals surface area (Å²) in [6.07, 6.45) is 2.43. The molecule has 0 aromatic carbocycles. The van der Waals surface area contributed by atoms with E-state index >= 15 is 0 Å². The maximum atomic E-state index is 11.0. The molecule has 0 aliphatic carbocycles. The lowest BCUT2D eigenvalue weighted by molar-refractivity contribution is -0.129. The predicted octanol–water partition coefficient (Wildman–Crippen LogP) is 1.70. The number of carbonyl (C=O) groups excluding carboxylic acids is 1. The van der Waals surface area contributed by atoms with E-state index in [-0.39, 0.29) is 11.9 Å². The zero-order valence-corrected chi connectivity index (χ0v) is 6.66. The first-order valence-corrected chi connectivity index (χ1v) is 4.03. The van der Waals surface area contributed by atoms with Gasteiger partial charge in [-0.25, -0.2) is 0 Å². The van der Waals surface area contributed by atoms with Gasteiger partial charge in [0.15, 0.2) is 0 Å². The van der Waals surface area contributed by atoms with Crippen molar-refractivity contribution in [3.63, 3.8) is 0 Å². The normalized spacial score (nSPS) is 24.3. The highest BCUT2D eigenvalue weighted by molar-refractivity contribution is 5.79. The van der Waals surface area contributed by atoms with Gasteiger partial charge in [0, 0.05) is 12.8 Å². The molecule has 2 heterocycles. The molecule has 0 spiro atoms. The van der Waals surface area contributed by atoms with E-state index in [0.29, 0.717) is 19.4 Å². The summed E-state index contributed by atoms with van der Waals surface area (Å²) in [6, 6.07) is 3.64. The molecular formula is C9H10O3. The van der Waals surface area contributed by atoms with Gasteiger partial charge in [-0.3, -0.25) is 4.79 Å². The molecule has 1 saturated heterocycles. The molecule has 64 valence electrons. The Morgan fingerprint density at radius 2 is 2.42 bits per heavy atom. The summed E-state index contributed by atoms with van der Waals surface area (Å²) in [7, 11) is 0. The van der Waals surface area contributed by atoms with Gasteiger partial charge < -0.3 is 9.15 Å². The molecule has 1 aliphatic heterocycles. The molecule has 3 nitrogen and oxygen atoms in total. The van der Waals surface area contributed by atoms with E-state index in [4.69, 9.17) is 9.15 Å². The van der Waals surface area contributed by atoms with Crippen molar-refractivity contribution in [2.75, 3.05) is 6.61 Å². The van der Waals surface area contributed by atoms with Crippen molar-refractivity contribution in [1.29, 1.82) is 0 Å². The van der Waals surface area contributed by atoms with Crippen LogP contribution in [0.2, 0.25) is 0 Å². The number of hydrogen-bond donors (Lipinski definition) is 0. The lowest BCUT2D eigenvalue weighted by atomic mass is 10.1. The van der Waals surface area contributed by atoms with E-state index in [1.807, 2.05) is 6.07 Å². The number of furan rings is 1. The Balaban J connectivity index is 2.09. The van der Waals surface area contributed by atoms with E-state index in [1.165, 1.54) is 0 Å². The standard InChI is InChI=1S/C9H10O3/c10-7-3-5-12-9(6-7)8-2-1-4-11-8/h1-2,4,9H,3,5-6H2. The molecule has 2 rings (SSSR count). The molecule has 12 heavy (non-hydrogen) atoms. The molecule has 0 bridgehead atoms. The summed E-state index contributed by atoms with van der Waals surface area (Å²) in [5, 5.41) is 0. The fourth-order valence-corrected chi connectivity index (χ4v) is 1.34. The minimum Gasteiger partial charge on any atom is -0.467 e. The van der Waals surface area contributed by atoms with E-state index in [9.17, 15) is 4.79 Å². The number of carbonyl (C=O) groups is 1. The first kappa shape index (κ1) is 7.55. The van der Waals surface area contributed by atoms with Gasteiger partial charge in [0.25, 0.3) is 0 Å². The molecule has 0 N–H and O–H groups in total. The van der Waals surface area contributed by atoms with Crippen LogP contribution >= 0.6 is 0 Å². The smallest absolute Gasteiger partial charge is 0.138 e. The minimum absolute atomic E-state index is 0.152. The zero-order valence-electron chi connectivity index (χ0n) is 6.66. The highest BCUT2D eigenvalue weighted by Crippen LogP contribution is 2.25. The van der Waals surface area contributed by atoms with Crippen LogP contribution in [-0.4, -0.2) is 12.4 Å². The SMILES string of the molecule is O=C1CCOC(c2ccco2)C1. The molecule has 1 atom stereocenters. The number of ether oxygens (including phenoxy) is 1. The van der Waals surface area contributed by atoms with Crippen LogP contribution in [0.3, 0.4) is 0 Å². The summed E-state index contributed by atoms with van der Waals surface area (Å²) in [5.74, 6) is 1.01. The Morgan fingerprint density at radius 1 is 1.50 bits per heavy atom. The van der Waals surface area contributed by atoms with Crippen molar-refractivity contribution in [3.05, 3.63) is 24.2 Å². The first-order valence-electron chi connectivity index (χ1n) is 4.03. The summed E-state index contributed by atoms with van der Waals surface area (Å²) in [6.45, 7) is 0.518. The molecule has 0 amide bonds. The Hall–Kier alpha value is -1.09. The van der Waals surface area contributed by atoms with Crippen LogP contribution < -0.4 is 0 Å². The molecule has 1 fully saturated rings. The summed E-state index contributed by atoms with van der Waals surface area (Å²) >= 11 is 0. The summed E-state index contributed by atoms with van der Waals surface area (Å²) < 4.78 is 10.5. The number of ketones is 1. The summed E-state index contributed by atoms with van der Waals surface area (Å²) in [5.41, 5.74) is 0. The van der Waals surface area contributed by atoms with Crippen LogP contribution in [0, 0.1) is 0 Å². The molecule has 1 aliphatic rings. The predicted molar refractivity (Wildman–Crippen MR) is 41.6 cm³/mol. The van der Waals surface area contributed by atoms with Crippen molar-refractivity contribution in [2.24, 2.45) is 0 Å². The number of Topliss-reactive ketones (excluding diaryl/α,β-unsaturated/α-hetero) is 1. The van der Waals surface area contributed by atoms with Gasteiger partial charge in [0.1, 0.15) is 17.6 Å². The third-order valence-corrected chi connectivity index (χ3v) is 1.97. The Morgan fingerprint density at radius 3 is 3.08 bits per heavy atom. The average molecular weight is 166 g/mol. The zero-order chi connectivity index (χ0) is 8.39. The van der Waals surface area contributed by atoms with Gasteiger partial charge in [-0.15, -0.1) is 0 Å². The van der Waals surface area contributed by atoms with Crippen LogP contribution in [0.1, 0.15) is 24.7 Å². The van der Waals surface area contributed by atoms with Gasteiger partial charge in [-0.05, 0) is 12.1 Å². The van der Waals surface area contributed by atoms with Gasteiger partial charge in [0.2, 0.25) is 0 Å². The Bertz CT molecular complexity index is 263. The highest BCUT2D eigenvalue weighted by Gasteiger charge is 2.23. The molecule has 0 radical (unpaired) electrons. The van der Waals surface area contributed by atoms with E-state index < -0.39 is 0 Å². The minimum atomic E-state index is -0.152. The number of rotatable bonds is 1. The molecule has 1 unspecified atom stereocenters. The van der Waals surface area contributed by atoms with Gasteiger partial charge in [-0.1, -0.05) is 0 Å².